The normalized spacial score (nSPS) is 11.8. The maximum atomic E-state index is 13.6. The second-order valence-corrected chi connectivity index (χ2v) is 5.68. The molecule has 0 aliphatic rings. The highest BCUT2D eigenvalue weighted by Gasteiger charge is 2.10. The summed E-state index contributed by atoms with van der Waals surface area (Å²) in [6, 6.07) is 5.74. The van der Waals surface area contributed by atoms with E-state index in [2.05, 4.69) is 20.8 Å². The fourth-order valence-electron chi connectivity index (χ4n) is 2.15. The Bertz CT molecular complexity index is 677. The molecular formula is C17H22F2N4O. The molecule has 1 aromatic carbocycles. The van der Waals surface area contributed by atoms with Crippen LogP contribution in [0.4, 0.5) is 8.78 Å². The van der Waals surface area contributed by atoms with Crippen LogP contribution in [0.3, 0.4) is 0 Å². The highest BCUT2D eigenvalue weighted by atomic mass is 19.1. The van der Waals surface area contributed by atoms with Crippen molar-refractivity contribution in [3.8, 4) is 0 Å². The quantitative estimate of drug-likeness (QED) is 0.629. The molecule has 0 aliphatic carbocycles. The summed E-state index contributed by atoms with van der Waals surface area (Å²) < 4.78 is 32.4. The standard InChI is InChI=1S/C17H22F2N4O/c1-11(2)16-9-12(24-23-16)10-22-17(20-3)21-8-7-13-14(18)5-4-6-15(13)19/h4-6,9,11H,7-8,10H2,1-3H3,(H2,20,21,22). The van der Waals surface area contributed by atoms with E-state index in [9.17, 15) is 8.78 Å². The number of nitrogens with one attached hydrogen (secondary N) is 2. The minimum atomic E-state index is -0.539. The Hall–Kier alpha value is -2.44. The summed E-state index contributed by atoms with van der Waals surface area (Å²) in [5.41, 5.74) is 0.960. The molecule has 24 heavy (non-hydrogen) atoms. The molecule has 7 heteroatoms. The smallest absolute Gasteiger partial charge is 0.191 e. The summed E-state index contributed by atoms with van der Waals surface area (Å²) in [5, 5.41) is 10.1. The minimum absolute atomic E-state index is 0.0669. The third-order valence-corrected chi connectivity index (χ3v) is 3.55. The molecule has 0 fully saturated rings. The molecule has 1 heterocycles. The number of hydrogen-bond donors (Lipinski definition) is 2. The molecule has 2 N–H and O–H groups in total. The fourth-order valence-corrected chi connectivity index (χ4v) is 2.15. The third-order valence-electron chi connectivity index (χ3n) is 3.55. The van der Waals surface area contributed by atoms with Crippen molar-refractivity contribution in [1.82, 2.24) is 15.8 Å². The predicted octanol–water partition coefficient (Wildman–Crippen LogP) is 2.98. The fraction of sp³-hybridized carbons (Fsp3) is 0.412. The van der Waals surface area contributed by atoms with Gasteiger partial charge in [0.1, 0.15) is 11.6 Å². The van der Waals surface area contributed by atoms with Gasteiger partial charge >= 0.3 is 0 Å². The Kier molecular flexibility index (Phi) is 6.28. The lowest BCUT2D eigenvalue weighted by Gasteiger charge is -2.11. The number of halogens is 2. The number of aromatic nitrogens is 1. The Balaban J connectivity index is 1.82. The minimum Gasteiger partial charge on any atom is -0.359 e. The van der Waals surface area contributed by atoms with E-state index >= 15 is 0 Å². The van der Waals surface area contributed by atoms with Gasteiger partial charge in [-0.15, -0.1) is 0 Å². The van der Waals surface area contributed by atoms with Crippen LogP contribution in [0.2, 0.25) is 0 Å². The Morgan fingerprint density at radius 3 is 2.54 bits per heavy atom. The monoisotopic (exact) mass is 336 g/mol. The van der Waals surface area contributed by atoms with Crippen LogP contribution in [0.5, 0.6) is 0 Å². The van der Waals surface area contributed by atoms with Gasteiger partial charge in [0.15, 0.2) is 11.7 Å². The summed E-state index contributed by atoms with van der Waals surface area (Å²) in [5.74, 6) is 0.442. The molecule has 5 nitrogen and oxygen atoms in total. The van der Waals surface area contributed by atoms with E-state index < -0.39 is 11.6 Å². The van der Waals surface area contributed by atoms with Gasteiger partial charge in [-0.25, -0.2) is 8.78 Å². The van der Waals surface area contributed by atoms with E-state index in [0.29, 0.717) is 30.7 Å². The van der Waals surface area contributed by atoms with E-state index in [1.807, 2.05) is 19.9 Å². The van der Waals surface area contributed by atoms with Crippen molar-refractivity contribution in [2.75, 3.05) is 13.6 Å². The molecule has 2 aromatic rings. The van der Waals surface area contributed by atoms with Gasteiger partial charge in [0.05, 0.1) is 12.2 Å². The van der Waals surface area contributed by atoms with Gasteiger partial charge in [0.2, 0.25) is 0 Å². The molecule has 0 unspecified atom stereocenters. The molecule has 130 valence electrons. The highest BCUT2D eigenvalue weighted by molar-refractivity contribution is 5.79. The van der Waals surface area contributed by atoms with E-state index in [1.54, 1.807) is 7.05 Å². The van der Waals surface area contributed by atoms with Gasteiger partial charge in [-0.1, -0.05) is 25.1 Å². The summed E-state index contributed by atoms with van der Waals surface area (Å²) in [6.07, 6.45) is 0.221. The SMILES string of the molecule is CN=C(NCCc1c(F)cccc1F)NCc1cc(C(C)C)no1. The van der Waals surface area contributed by atoms with Gasteiger partial charge in [-0.2, -0.15) is 0 Å². The van der Waals surface area contributed by atoms with Crippen LogP contribution in [0, 0.1) is 11.6 Å². The Morgan fingerprint density at radius 1 is 1.25 bits per heavy atom. The number of nitrogens with zero attached hydrogens (tertiary/aromatic N) is 2. The number of benzene rings is 1. The van der Waals surface area contributed by atoms with Crippen LogP contribution in [0.1, 0.15) is 36.8 Å². The summed E-state index contributed by atoms with van der Waals surface area (Å²) in [7, 11) is 1.62. The summed E-state index contributed by atoms with van der Waals surface area (Å²) in [6.45, 7) is 4.85. The van der Waals surface area contributed by atoms with Gasteiger partial charge in [0.25, 0.3) is 0 Å². The van der Waals surface area contributed by atoms with Gasteiger partial charge in [-0.3, -0.25) is 4.99 Å². The third kappa shape index (κ3) is 4.78. The van der Waals surface area contributed by atoms with Crippen LogP contribution < -0.4 is 10.6 Å². The molecular weight excluding hydrogens is 314 g/mol. The lowest BCUT2D eigenvalue weighted by Crippen LogP contribution is -2.37. The first-order chi connectivity index (χ1) is 11.5. The second kappa shape index (κ2) is 8.42. The van der Waals surface area contributed by atoms with Crippen molar-refractivity contribution >= 4 is 5.96 Å². The molecule has 0 amide bonds. The molecule has 0 atom stereocenters. The number of aliphatic imine (C=N–C) groups is 1. The van der Waals surface area contributed by atoms with Crippen molar-refractivity contribution in [3.63, 3.8) is 0 Å². The van der Waals surface area contributed by atoms with Crippen LogP contribution in [-0.2, 0) is 13.0 Å². The Labute approximate surface area is 140 Å². The van der Waals surface area contributed by atoms with Gasteiger partial charge < -0.3 is 15.2 Å². The molecule has 0 bridgehead atoms. The molecule has 2 rings (SSSR count). The highest BCUT2D eigenvalue weighted by Crippen LogP contribution is 2.14. The molecule has 0 saturated heterocycles. The van der Waals surface area contributed by atoms with Crippen molar-refractivity contribution in [1.29, 1.82) is 0 Å². The van der Waals surface area contributed by atoms with E-state index in [4.69, 9.17) is 4.52 Å². The van der Waals surface area contributed by atoms with Crippen molar-refractivity contribution < 1.29 is 13.3 Å². The van der Waals surface area contributed by atoms with Crippen LogP contribution in [0.15, 0.2) is 33.8 Å². The first kappa shape index (κ1) is 17.9. The number of rotatable bonds is 6. The average Bonchev–Trinajstić information content (AvgIpc) is 3.02. The molecule has 0 spiro atoms. The Morgan fingerprint density at radius 2 is 1.96 bits per heavy atom. The van der Waals surface area contributed by atoms with Gasteiger partial charge in [-0.05, 0) is 24.5 Å². The summed E-state index contributed by atoms with van der Waals surface area (Å²) >= 11 is 0. The zero-order valence-electron chi connectivity index (χ0n) is 14.1. The lowest BCUT2D eigenvalue weighted by molar-refractivity contribution is 0.372. The van der Waals surface area contributed by atoms with Crippen molar-refractivity contribution in [2.24, 2.45) is 4.99 Å². The molecule has 1 aromatic heterocycles. The maximum absolute atomic E-state index is 13.6. The van der Waals surface area contributed by atoms with Crippen LogP contribution in [-0.4, -0.2) is 24.7 Å². The maximum Gasteiger partial charge on any atom is 0.191 e. The molecule has 0 radical (unpaired) electrons. The summed E-state index contributed by atoms with van der Waals surface area (Å²) in [4.78, 5) is 4.07. The first-order valence-electron chi connectivity index (χ1n) is 7.84. The zero-order valence-corrected chi connectivity index (χ0v) is 14.1. The van der Waals surface area contributed by atoms with E-state index in [1.165, 1.54) is 18.2 Å². The number of guanidine groups is 1. The first-order valence-corrected chi connectivity index (χ1v) is 7.84. The van der Waals surface area contributed by atoms with Crippen molar-refractivity contribution in [3.05, 3.63) is 52.9 Å². The van der Waals surface area contributed by atoms with E-state index in [0.717, 1.165) is 5.69 Å². The predicted molar refractivity (Wildman–Crippen MR) is 88.9 cm³/mol. The molecule has 0 saturated carbocycles. The van der Waals surface area contributed by atoms with Crippen molar-refractivity contribution in [2.45, 2.75) is 32.7 Å². The van der Waals surface area contributed by atoms with Crippen LogP contribution >= 0.6 is 0 Å². The van der Waals surface area contributed by atoms with Crippen LogP contribution in [0.25, 0.3) is 0 Å². The topological polar surface area (TPSA) is 62.5 Å². The van der Waals surface area contributed by atoms with E-state index in [-0.39, 0.29) is 12.0 Å². The largest absolute Gasteiger partial charge is 0.359 e. The molecule has 0 aliphatic heterocycles. The lowest BCUT2D eigenvalue weighted by atomic mass is 10.1. The van der Waals surface area contributed by atoms with Gasteiger partial charge in [0, 0.05) is 25.2 Å². The average molecular weight is 336 g/mol. The zero-order chi connectivity index (χ0) is 17.5. The number of hydrogen-bond acceptors (Lipinski definition) is 3. The second-order valence-electron chi connectivity index (χ2n) is 5.68.